The number of halogens is 2. The Balaban J connectivity index is 3.08. The van der Waals surface area contributed by atoms with Crippen LogP contribution in [0.5, 0.6) is 0 Å². The van der Waals surface area contributed by atoms with E-state index in [1.165, 1.54) is 0 Å². The van der Waals surface area contributed by atoms with E-state index in [2.05, 4.69) is 0 Å². The maximum Gasteiger partial charge on any atom is 0.182 e. The average molecular weight is 218 g/mol. The van der Waals surface area contributed by atoms with Crippen molar-refractivity contribution in [3.8, 4) is 0 Å². The maximum atomic E-state index is 10.5. The van der Waals surface area contributed by atoms with Gasteiger partial charge in [-0.3, -0.25) is 0 Å². The highest BCUT2D eigenvalue weighted by Gasteiger charge is 2.27. The Morgan fingerprint density at radius 1 is 1.31 bits per heavy atom. The number of carboxylic acids is 1. The van der Waals surface area contributed by atoms with Crippen LogP contribution in [0.4, 0.5) is 0 Å². The van der Waals surface area contributed by atoms with Gasteiger partial charge in [0.25, 0.3) is 0 Å². The highest BCUT2D eigenvalue weighted by molar-refractivity contribution is 6.56. The molecule has 0 saturated heterocycles. The van der Waals surface area contributed by atoms with E-state index >= 15 is 0 Å². The summed E-state index contributed by atoms with van der Waals surface area (Å²) < 4.78 is -1.96. The topological polar surface area (TPSA) is 40.1 Å². The number of alkyl halides is 2. The Morgan fingerprint density at radius 2 is 1.77 bits per heavy atom. The summed E-state index contributed by atoms with van der Waals surface area (Å²) in [7, 11) is 0. The van der Waals surface area contributed by atoms with Crippen LogP contribution < -0.4 is 5.11 Å². The first-order valence-electron chi connectivity index (χ1n) is 3.61. The van der Waals surface area contributed by atoms with Gasteiger partial charge in [0.2, 0.25) is 0 Å². The average Bonchev–Trinajstić information content (AvgIpc) is 2.04. The summed E-state index contributed by atoms with van der Waals surface area (Å²) in [6.45, 7) is 1.88. The van der Waals surface area contributed by atoms with E-state index in [4.69, 9.17) is 23.2 Å². The van der Waals surface area contributed by atoms with Crippen molar-refractivity contribution >= 4 is 29.2 Å². The van der Waals surface area contributed by atoms with Crippen LogP contribution in [-0.4, -0.2) is 5.97 Å². The molecule has 0 atom stereocenters. The van der Waals surface area contributed by atoms with Crippen molar-refractivity contribution < 1.29 is 9.90 Å². The van der Waals surface area contributed by atoms with Gasteiger partial charge in [-0.05, 0) is 12.5 Å². The largest absolute Gasteiger partial charge is 0.546 e. The third-order valence-electron chi connectivity index (χ3n) is 1.67. The second kappa shape index (κ2) is 3.56. The molecule has 0 amide bonds. The maximum absolute atomic E-state index is 10.5. The highest BCUT2D eigenvalue weighted by Crippen LogP contribution is 2.33. The van der Waals surface area contributed by atoms with Crippen molar-refractivity contribution in [2.75, 3.05) is 0 Å². The Morgan fingerprint density at radius 3 is 2.15 bits per heavy atom. The van der Waals surface area contributed by atoms with Crippen LogP contribution in [0.2, 0.25) is 0 Å². The number of carboxylic acid groups (broad SMARTS) is 1. The van der Waals surface area contributed by atoms with Gasteiger partial charge >= 0.3 is 0 Å². The van der Waals surface area contributed by atoms with E-state index in [9.17, 15) is 9.90 Å². The minimum atomic E-state index is -1.96. The van der Waals surface area contributed by atoms with Gasteiger partial charge in [0.1, 0.15) is 0 Å². The zero-order chi connectivity index (χ0) is 10.1. The molecule has 1 rings (SSSR count). The van der Waals surface area contributed by atoms with Gasteiger partial charge in [0.05, 0.1) is 5.97 Å². The van der Waals surface area contributed by atoms with E-state index in [1.807, 2.05) is 6.92 Å². The molecule has 0 bridgehead atoms. The van der Waals surface area contributed by atoms with Gasteiger partial charge in [-0.1, -0.05) is 53.0 Å². The third kappa shape index (κ3) is 2.14. The lowest BCUT2D eigenvalue weighted by Gasteiger charge is -2.20. The lowest BCUT2D eigenvalue weighted by Crippen LogP contribution is -2.37. The molecule has 4 heteroatoms. The van der Waals surface area contributed by atoms with Crippen molar-refractivity contribution in [3.05, 3.63) is 35.4 Å². The number of hydrogen-bond acceptors (Lipinski definition) is 2. The molecule has 13 heavy (non-hydrogen) atoms. The molecule has 0 unspecified atom stereocenters. The second-order valence-electron chi connectivity index (χ2n) is 2.73. The van der Waals surface area contributed by atoms with Crippen molar-refractivity contribution in [1.82, 2.24) is 0 Å². The predicted octanol–water partition coefficient (Wildman–Crippen LogP) is 1.38. The van der Waals surface area contributed by atoms with Crippen LogP contribution in [0.25, 0.3) is 0 Å². The molecule has 0 aliphatic heterocycles. The van der Waals surface area contributed by atoms with E-state index in [1.54, 1.807) is 24.3 Å². The Bertz CT molecular complexity index is 317. The first-order valence-corrected chi connectivity index (χ1v) is 4.36. The Labute approximate surface area is 86.1 Å². The monoisotopic (exact) mass is 217 g/mol. The van der Waals surface area contributed by atoms with Crippen molar-refractivity contribution in [3.63, 3.8) is 0 Å². The number of carbonyl (C=O) groups excluding carboxylic acids is 1. The van der Waals surface area contributed by atoms with Crippen LogP contribution in [-0.2, 0) is 9.13 Å². The summed E-state index contributed by atoms with van der Waals surface area (Å²) in [6.07, 6.45) is 0. The molecule has 2 nitrogen and oxygen atoms in total. The van der Waals surface area contributed by atoms with Crippen LogP contribution in [0.1, 0.15) is 11.1 Å². The number of aryl methyl sites for hydroxylation is 1. The SMILES string of the molecule is Cc1ccc(C(Cl)(Cl)C(=O)[O-])cc1. The number of benzene rings is 1. The fourth-order valence-electron chi connectivity index (χ4n) is 0.881. The lowest BCUT2D eigenvalue weighted by atomic mass is 10.1. The minimum absolute atomic E-state index is 0.307. The molecule has 0 N–H and O–H groups in total. The van der Waals surface area contributed by atoms with Gasteiger partial charge in [-0.25, -0.2) is 0 Å². The summed E-state index contributed by atoms with van der Waals surface area (Å²) in [6, 6.07) is 6.59. The van der Waals surface area contributed by atoms with Crippen LogP contribution >= 0.6 is 23.2 Å². The van der Waals surface area contributed by atoms with Gasteiger partial charge in [0.15, 0.2) is 4.33 Å². The number of hydrogen-bond donors (Lipinski definition) is 0. The minimum Gasteiger partial charge on any atom is -0.546 e. The van der Waals surface area contributed by atoms with Crippen LogP contribution in [0.15, 0.2) is 24.3 Å². The van der Waals surface area contributed by atoms with Crippen LogP contribution in [0.3, 0.4) is 0 Å². The predicted molar refractivity (Wildman–Crippen MR) is 49.6 cm³/mol. The summed E-state index contributed by atoms with van der Waals surface area (Å²) in [5, 5.41) is 10.5. The molecule has 0 heterocycles. The molecule has 0 aliphatic rings. The quantitative estimate of drug-likeness (QED) is 0.703. The summed E-state index contributed by atoms with van der Waals surface area (Å²) in [5.74, 6) is -1.51. The molecule has 0 fully saturated rings. The van der Waals surface area contributed by atoms with Gasteiger partial charge in [-0.2, -0.15) is 0 Å². The third-order valence-corrected chi connectivity index (χ3v) is 2.42. The standard InChI is InChI=1S/C9H8Cl2O2/c1-6-2-4-7(5-3-6)9(10,11)8(12)13/h2-5H,1H3,(H,12,13)/p-1. The molecule has 0 saturated carbocycles. The molecular formula is C9H7Cl2O2-. The van der Waals surface area contributed by atoms with Gasteiger partial charge in [-0.15, -0.1) is 0 Å². The first-order chi connectivity index (χ1) is 5.94. The molecule has 0 aromatic heterocycles. The van der Waals surface area contributed by atoms with Crippen molar-refractivity contribution in [2.24, 2.45) is 0 Å². The van der Waals surface area contributed by atoms with Crippen LogP contribution in [0, 0.1) is 6.92 Å². The molecule has 70 valence electrons. The molecule has 0 radical (unpaired) electrons. The summed E-state index contributed by atoms with van der Waals surface area (Å²) in [4.78, 5) is 10.5. The summed E-state index contributed by atoms with van der Waals surface area (Å²) in [5.41, 5.74) is 1.31. The van der Waals surface area contributed by atoms with Crippen molar-refractivity contribution in [1.29, 1.82) is 0 Å². The zero-order valence-electron chi connectivity index (χ0n) is 6.88. The van der Waals surface area contributed by atoms with E-state index in [-0.39, 0.29) is 0 Å². The Kier molecular flexibility index (Phi) is 2.84. The molecule has 1 aromatic carbocycles. The smallest absolute Gasteiger partial charge is 0.182 e. The van der Waals surface area contributed by atoms with E-state index < -0.39 is 10.3 Å². The first kappa shape index (κ1) is 10.4. The van der Waals surface area contributed by atoms with Gasteiger partial charge < -0.3 is 9.90 Å². The van der Waals surface area contributed by atoms with Gasteiger partial charge in [0, 0.05) is 0 Å². The molecular weight excluding hydrogens is 211 g/mol. The Hall–Kier alpha value is -0.730. The second-order valence-corrected chi connectivity index (χ2v) is 4.06. The normalized spacial score (nSPS) is 11.3. The number of carbonyl (C=O) groups is 1. The molecule has 0 spiro atoms. The number of aliphatic carboxylic acids is 1. The molecule has 1 aromatic rings. The van der Waals surface area contributed by atoms with Crippen molar-refractivity contribution in [2.45, 2.75) is 11.3 Å². The lowest BCUT2D eigenvalue weighted by molar-refractivity contribution is -0.307. The van der Waals surface area contributed by atoms with E-state index in [0.717, 1.165) is 5.56 Å². The summed E-state index contributed by atoms with van der Waals surface area (Å²) >= 11 is 11.1. The zero-order valence-corrected chi connectivity index (χ0v) is 8.39. The highest BCUT2D eigenvalue weighted by atomic mass is 35.5. The van der Waals surface area contributed by atoms with E-state index in [0.29, 0.717) is 5.56 Å². The fraction of sp³-hybridized carbons (Fsp3) is 0.222. The molecule has 0 aliphatic carbocycles. The fourth-order valence-corrected chi connectivity index (χ4v) is 1.13. The number of rotatable bonds is 2.